The molecule has 0 saturated heterocycles. The van der Waals surface area contributed by atoms with E-state index in [-0.39, 0.29) is 5.75 Å². The smallest absolute Gasteiger partial charge is 0.232 e. The Hall–Kier alpha value is -0.940. The molecule has 0 heterocycles. The third-order valence-corrected chi connectivity index (χ3v) is 3.85. The van der Waals surface area contributed by atoms with Crippen molar-refractivity contribution in [3.05, 3.63) is 23.2 Å². The molecule has 0 radical (unpaired) electrons. The summed E-state index contributed by atoms with van der Waals surface area (Å²) in [5, 5.41) is 0.340. The molecular formula is C11H17ClN2O2S. The Labute approximate surface area is 107 Å². The number of sulfonamides is 1. The highest BCUT2D eigenvalue weighted by atomic mass is 35.5. The second kappa shape index (κ2) is 5.60. The minimum Gasteiger partial charge on any atom is -0.399 e. The Morgan fingerprint density at radius 2 is 2.06 bits per heavy atom. The van der Waals surface area contributed by atoms with Crippen LogP contribution in [-0.4, -0.2) is 14.2 Å². The molecule has 3 N–H and O–H groups in total. The fourth-order valence-electron chi connectivity index (χ4n) is 1.23. The number of anilines is 2. The fraction of sp³-hybridized carbons (Fsp3) is 0.455. The maximum atomic E-state index is 11.8. The molecule has 96 valence electrons. The highest BCUT2D eigenvalue weighted by Gasteiger charge is 2.13. The van der Waals surface area contributed by atoms with E-state index in [1.165, 1.54) is 6.07 Å². The first-order valence-corrected chi connectivity index (χ1v) is 7.39. The summed E-state index contributed by atoms with van der Waals surface area (Å²) in [4.78, 5) is 0. The number of nitrogen functional groups attached to an aromatic ring is 1. The monoisotopic (exact) mass is 276 g/mol. The average Bonchev–Trinajstić information content (AvgIpc) is 2.20. The van der Waals surface area contributed by atoms with Crippen molar-refractivity contribution < 1.29 is 8.42 Å². The zero-order valence-corrected chi connectivity index (χ0v) is 11.5. The van der Waals surface area contributed by atoms with Crippen LogP contribution >= 0.6 is 11.6 Å². The van der Waals surface area contributed by atoms with Crippen LogP contribution in [0, 0.1) is 5.92 Å². The van der Waals surface area contributed by atoms with Gasteiger partial charge in [0.15, 0.2) is 0 Å². The van der Waals surface area contributed by atoms with Crippen molar-refractivity contribution in [1.29, 1.82) is 0 Å². The number of hydrogen-bond donors (Lipinski definition) is 2. The molecule has 0 atom stereocenters. The Kier molecular flexibility index (Phi) is 4.65. The SMILES string of the molecule is CC(C)CCS(=O)(=O)Nc1cc(N)ccc1Cl. The van der Waals surface area contributed by atoms with Crippen LogP contribution in [0.1, 0.15) is 20.3 Å². The van der Waals surface area contributed by atoms with Gasteiger partial charge in [-0.1, -0.05) is 25.4 Å². The third-order valence-electron chi connectivity index (χ3n) is 2.22. The van der Waals surface area contributed by atoms with E-state index in [4.69, 9.17) is 17.3 Å². The molecule has 0 amide bonds. The summed E-state index contributed by atoms with van der Waals surface area (Å²) in [7, 11) is -3.36. The number of rotatable bonds is 5. The fourth-order valence-corrected chi connectivity index (χ4v) is 2.84. The summed E-state index contributed by atoms with van der Waals surface area (Å²) in [6.45, 7) is 3.95. The van der Waals surface area contributed by atoms with E-state index in [0.717, 1.165) is 0 Å². The normalized spacial score (nSPS) is 11.8. The van der Waals surface area contributed by atoms with E-state index in [2.05, 4.69) is 4.72 Å². The highest BCUT2D eigenvalue weighted by Crippen LogP contribution is 2.25. The zero-order valence-electron chi connectivity index (χ0n) is 9.90. The molecule has 0 aliphatic carbocycles. The van der Waals surface area contributed by atoms with Gasteiger partial charge in [0, 0.05) is 5.69 Å². The van der Waals surface area contributed by atoms with Crippen molar-refractivity contribution in [2.45, 2.75) is 20.3 Å². The average molecular weight is 277 g/mol. The van der Waals surface area contributed by atoms with Crippen LogP contribution in [0.3, 0.4) is 0 Å². The molecule has 1 rings (SSSR count). The van der Waals surface area contributed by atoms with Gasteiger partial charge in [-0.2, -0.15) is 0 Å². The number of benzene rings is 1. The van der Waals surface area contributed by atoms with Crippen molar-refractivity contribution in [3.8, 4) is 0 Å². The van der Waals surface area contributed by atoms with E-state index in [0.29, 0.717) is 28.7 Å². The van der Waals surface area contributed by atoms with Gasteiger partial charge in [0.1, 0.15) is 0 Å². The van der Waals surface area contributed by atoms with E-state index in [1.54, 1.807) is 12.1 Å². The predicted octanol–water partition coefficient (Wildman–Crippen LogP) is 2.71. The summed E-state index contributed by atoms with van der Waals surface area (Å²) in [6, 6.07) is 4.70. The number of nitrogens with one attached hydrogen (secondary N) is 1. The van der Waals surface area contributed by atoms with Crippen LogP contribution in [0.2, 0.25) is 5.02 Å². The zero-order chi connectivity index (χ0) is 13.1. The number of halogens is 1. The molecule has 4 nitrogen and oxygen atoms in total. The molecule has 0 saturated carbocycles. The molecule has 0 spiro atoms. The first-order valence-electron chi connectivity index (χ1n) is 5.35. The quantitative estimate of drug-likeness (QED) is 0.812. The number of nitrogens with two attached hydrogens (primary N) is 1. The number of hydrogen-bond acceptors (Lipinski definition) is 3. The van der Waals surface area contributed by atoms with Gasteiger partial charge < -0.3 is 5.73 Å². The van der Waals surface area contributed by atoms with E-state index >= 15 is 0 Å². The van der Waals surface area contributed by atoms with Crippen LogP contribution in [0.25, 0.3) is 0 Å². The van der Waals surface area contributed by atoms with Crippen molar-refractivity contribution in [2.24, 2.45) is 5.92 Å². The van der Waals surface area contributed by atoms with Gasteiger partial charge in [-0.15, -0.1) is 0 Å². The second-order valence-electron chi connectivity index (χ2n) is 4.34. The van der Waals surface area contributed by atoms with E-state index < -0.39 is 10.0 Å². The second-order valence-corrected chi connectivity index (χ2v) is 6.59. The molecule has 0 bridgehead atoms. The standard InChI is InChI=1S/C11H17ClN2O2S/c1-8(2)5-6-17(15,16)14-11-7-9(13)3-4-10(11)12/h3-4,7-8,14H,5-6,13H2,1-2H3. The lowest BCUT2D eigenvalue weighted by molar-refractivity contribution is 0.578. The predicted molar refractivity (Wildman–Crippen MR) is 72.7 cm³/mol. The summed E-state index contributed by atoms with van der Waals surface area (Å²) in [6.07, 6.45) is 0.606. The van der Waals surface area contributed by atoms with Gasteiger partial charge in [0.05, 0.1) is 16.5 Å². The minimum atomic E-state index is -3.36. The van der Waals surface area contributed by atoms with Gasteiger partial charge in [-0.25, -0.2) is 8.42 Å². The van der Waals surface area contributed by atoms with Gasteiger partial charge >= 0.3 is 0 Å². The van der Waals surface area contributed by atoms with Crippen LogP contribution in [0.15, 0.2) is 18.2 Å². The molecular weight excluding hydrogens is 260 g/mol. The first kappa shape index (κ1) is 14.1. The van der Waals surface area contributed by atoms with Crippen molar-refractivity contribution in [1.82, 2.24) is 0 Å². The Morgan fingerprint density at radius 3 is 2.65 bits per heavy atom. The molecule has 6 heteroatoms. The van der Waals surface area contributed by atoms with Crippen LogP contribution in [0.4, 0.5) is 11.4 Å². The van der Waals surface area contributed by atoms with Crippen LogP contribution in [-0.2, 0) is 10.0 Å². The molecule has 0 aromatic heterocycles. The molecule has 0 fully saturated rings. The Balaban J connectivity index is 2.79. The molecule has 17 heavy (non-hydrogen) atoms. The first-order chi connectivity index (χ1) is 7.80. The molecule has 0 aliphatic heterocycles. The van der Waals surface area contributed by atoms with Gasteiger partial charge in [0.2, 0.25) is 10.0 Å². The van der Waals surface area contributed by atoms with Gasteiger partial charge in [0.25, 0.3) is 0 Å². The van der Waals surface area contributed by atoms with Gasteiger partial charge in [-0.3, -0.25) is 4.72 Å². The van der Waals surface area contributed by atoms with Crippen LogP contribution in [0.5, 0.6) is 0 Å². The lowest BCUT2D eigenvalue weighted by Gasteiger charge is -2.11. The van der Waals surface area contributed by atoms with Gasteiger partial charge in [-0.05, 0) is 30.5 Å². The largest absolute Gasteiger partial charge is 0.399 e. The Morgan fingerprint density at radius 1 is 1.41 bits per heavy atom. The molecule has 0 unspecified atom stereocenters. The minimum absolute atomic E-state index is 0.0792. The highest BCUT2D eigenvalue weighted by molar-refractivity contribution is 7.92. The summed E-state index contributed by atoms with van der Waals surface area (Å²) in [5.41, 5.74) is 6.37. The van der Waals surface area contributed by atoms with Crippen molar-refractivity contribution in [2.75, 3.05) is 16.2 Å². The van der Waals surface area contributed by atoms with E-state index in [1.807, 2.05) is 13.8 Å². The molecule has 1 aromatic rings. The summed E-state index contributed by atoms with van der Waals surface area (Å²) >= 11 is 5.88. The summed E-state index contributed by atoms with van der Waals surface area (Å²) < 4.78 is 26.0. The van der Waals surface area contributed by atoms with E-state index in [9.17, 15) is 8.42 Å². The molecule has 1 aromatic carbocycles. The lowest BCUT2D eigenvalue weighted by atomic mass is 10.2. The molecule has 0 aliphatic rings. The van der Waals surface area contributed by atoms with Crippen LogP contribution < -0.4 is 10.5 Å². The lowest BCUT2D eigenvalue weighted by Crippen LogP contribution is -2.18. The topological polar surface area (TPSA) is 72.2 Å². The Bertz CT molecular complexity index is 486. The summed E-state index contributed by atoms with van der Waals surface area (Å²) in [5.74, 6) is 0.415. The van der Waals surface area contributed by atoms with Crippen molar-refractivity contribution in [3.63, 3.8) is 0 Å². The maximum Gasteiger partial charge on any atom is 0.232 e. The van der Waals surface area contributed by atoms with Crippen molar-refractivity contribution >= 4 is 33.0 Å². The third kappa shape index (κ3) is 4.83. The maximum absolute atomic E-state index is 11.8.